The molecule has 1 aliphatic heterocycles. The van der Waals surface area contributed by atoms with Crippen LogP contribution in [0.25, 0.3) is 0 Å². The van der Waals surface area contributed by atoms with Crippen LogP contribution in [0.5, 0.6) is 0 Å². The van der Waals surface area contributed by atoms with Gasteiger partial charge in [-0.15, -0.1) is 0 Å². The van der Waals surface area contributed by atoms with Gasteiger partial charge in [-0.05, 0) is 39.7 Å². The molecule has 5 heteroatoms. The zero-order chi connectivity index (χ0) is 18.0. The maximum Gasteiger partial charge on any atom is 0.255 e. The molecule has 0 atom stereocenters. The predicted octanol–water partition coefficient (Wildman–Crippen LogP) is 3.02. The van der Waals surface area contributed by atoms with E-state index in [9.17, 15) is 9.59 Å². The number of carbonyl (C=O) groups is 2. The van der Waals surface area contributed by atoms with Gasteiger partial charge in [-0.25, -0.2) is 0 Å². The monoisotopic (exact) mass is 333 g/mol. The molecule has 0 unspecified atom stereocenters. The van der Waals surface area contributed by atoms with Crippen LogP contribution in [0.3, 0.4) is 0 Å². The summed E-state index contributed by atoms with van der Waals surface area (Å²) in [5.41, 5.74) is 2.95. The largest absolute Gasteiger partial charge is 0.346 e. The van der Waals surface area contributed by atoms with Gasteiger partial charge in [0, 0.05) is 50.0 Å². The molecule has 1 aromatic heterocycles. The minimum absolute atomic E-state index is 0.0889. The van der Waals surface area contributed by atoms with E-state index in [1.54, 1.807) is 0 Å². The summed E-state index contributed by atoms with van der Waals surface area (Å²) < 4.78 is 2.20. The van der Waals surface area contributed by atoms with E-state index in [1.165, 1.54) is 0 Å². The second-order valence-corrected chi connectivity index (χ2v) is 7.52. The van der Waals surface area contributed by atoms with Gasteiger partial charge in [0.05, 0.1) is 5.56 Å². The van der Waals surface area contributed by atoms with Crippen molar-refractivity contribution >= 4 is 11.8 Å². The molecule has 2 heterocycles. The lowest BCUT2D eigenvalue weighted by Gasteiger charge is -2.35. The summed E-state index contributed by atoms with van der Waals surface area (Å²) in [4.78, 5) is 28.8. The second kappa shape index (κ2) is 7.41. The molecule has 134 valence electrons. The summed E-state index contributed by atoms with van der Waals surface area (Å²) in [5, 5.41) is 0. The van der Waals surface area contributed by atoms with Gasteiger partial charge in [-0.3, -0.25) is 9.59 Å². The van der Waals surface area contributed by atoms with Crippen LogP contribution >= 0.6 is 0 Å². The van der Waals surface area contributed by atoms with E-state index in [0.29, 0.717) is 44.6 Å². The van der Waals surface area contributed by atoms with Gasteiger partial charge >= 0.3 is 0 Å². The molecule has 0 aliphatic carbocycles. The number of nitrogens with zero attached hydrogens (tertiary/aromatic N) is 3. The standard InChI is InChI=1S/C19H31N3O2/c1-13(2)11-18(23)20-7-9-21(10-8-20)19(24)17-12-15(5)22(14(3)4)16(17)6/h12-14H,7-11H2,1-6H3. The Morgan fingerprint density at radius 2 is 1.54 bits per heavy atom. The van der Waals surface area contributed by atoms with Gasteiger partial charge in [0.15, 0.2) is 0 Å². The fourth-order valence-corrected chi connectivity index (χ4v) is 3.60. The Balaban J connectivity index is 2.03. The van der Waals surface area contributed by atoms with Crippen molar-refractivity contribution in [1.29, 1.82) is 0 Å². The third-order valence-electron chi connectivity index (χ3n) is 4.73. The van der Waals surface area contributed by atoms with E-state index in [0.717, 1.165) is 17.0 Å². The average Bonchev–Trinajstić information content (AvgIpc) is 2.80. The average molecular weight is 333 g/mol. The molecule has 5 nitrogen and oxygen atoms in total. The van der Waals surface area contributed by atoms with Crippen LogP contribution in [-0.4, -0.2) is 52.4 Å². The van der Waals surface area contributed by atoms with Crippen molar-refractivity contribution < 1.29 is 9.59 Å². The molecule has 0 saturated carbocycles. The van der Waals surface area contributed by atoms with Crippen molar-refractivity contribution in [1.82, 2.24) is 14.4 Å². The van der Waals surface area contributed by atoms with Crippen LogP contribution in [0.4, 0.5) is 0 Å². The van der Waals surface area contributed by atoms with E-state index < -0.39 is 0 Å². The maximum absolute atomic E-state index is 12.9. The molecule has 0 spiro atoms. The highest BCUT2D eigenvalue weighted by atomic mass is 16.2. The predicted molar refractivity (Wildman–Crippen MR) is 96.2 cm³/mol. The molecule has 1 saturated heterocycles. The van der Waals surface area contributed by atoms with Crippen LogP contribution < -0.4 is 0 Å². The lowest BCUT2D eigenvalue weighted by atomic mass is 10.1. The summed E-state index contributed by atoms with van der Waals surface area (Å²) in [5.74, 6) is 0.666. The van der Waals surface area contributed by atoms with E-state index in [2.05, 4.69) is 32.3 Å². The van der Waals surface area contributed by atoms with Crippen molar-refractivity contribution in [2.75, 3.05) is 26.2 Å². The van der Waals surface area contributed by atoms with Crippen LogP contribution in [0.1, 0.15) is 61.9 Å². The topological polar surface area (TPSA) is 45.6 Å². The number of piperazine rings is 1. The highest BCUT2D eigenvalue weighted by molar-refractivity contribution is 5.96. The second-order valence-electron chi connectivity index (χ2n) is 7.52. The molecule has 0 N–H and O–H groups in total. The Morgan fingerprint density at radius 3 is 2.00 bits per heavy atom. The summed E-state index contributed by atoms with van der Waals surface area (Å²) in [7, 11) is 0. The van der Waals surface area contributed by atoms with E-state index in [1.807, 2.05) is 29.7 Å². The van der Waals surface area contributed by atoms with Crippen LogP contribution in [-0.2, 0) is 4.79 Å². The Kier molecular flexibility index (Phi) is 5.73. The molecular weight excluding hydrogens is 302 g/mol. The Morgan fingerprint density at radius 1 is 1.00 bits per heavy atom. The number of aryl methyl sites for hydroxylation is 1. The maximum atomic E-state index is 12.9. The Hall–Kier alpha value is -1.78. The Bertz CT molecular complexity index is 608. The minimum atomic E-state index is 0.0889. The molecule has 1 aliphatic rings. The number of amides is 2. The van der Waals surface area contributed by atoms with Gasteiger partial charge in [0.1, 0.15) is 0 Å². The summed E-state index contributed by atoms with van der Waals surface area (Å²) in [6.07, 6.45) is 0.587. The molecule has 1 aromatic rings. The number of hydrogen-bond donors (Lipinski definition) is 0. The lowest BCUT2D eigenvalue weighted by Crippen LogP contribution is -2.50. The number of carbonyl (C=O) groups excluding carboxylic acids is 2. The zero-order valence-corrected chi connectivity index (χ0v) is 15.9. The molecule has 2 rings (SSSR count). The highest BCUT2D eigenvalue weighted by Crippen LogP contribution is 2.22. The molecule has 0 radical (unpaired) electrons. The number of rotatable bonds is 4. The fraction of sp³-hybridized carbons (Fsp3) is 0.684. The Labute approximate surface area is 145 Å². The first-order chi connectivity index (χ1) is 11.2. The van der Waals surface area contributed by atoms with Gasteiger partial charge in [0.25, 0.3) is 5.91 Å². The third kappa shape index (κ3) is 3.82. The van der Waals surface area contributed by atoms with E-state index in [-0.39, 0.29) is 11.8 Å². The van der Waals surface area contributed by atoms with Crippen molar-refractivity contribution in [3.63, 3.8) is 0 Å². The van der Waals surface area contributed by atoms with Gasteiger partial charge < -0.3 is 14.4 Å². The number of hydrogen-bond acceptors (Lipinski definition) is 2. The summed E-state index contributed by atoms with van der Waals surface area (Å²) in [6, 6.07) is 2.34. The van der Waals surface area contributed by atoms with Crippen molar-refractivity contribution in [3.05, 3.63) is 23.0 Å². The molecule has 24 heavy (non-hydrogen) atoms. The van der Waals surface area contributed by atoms with Crippen molar-refractivity contribution in [2.24, 2.45) is 5.92 Å². The first-order valence-electron chi connectivity index (χ1n) is 8.97. The zero-order valence-electron chi connectivity index (χ0n) is 15.9. The molecular formula is C19H31N3O2. The van der Waals surface area contributed by atoms with Crippen molar-refractivity contribution in [3.8, 4) is 0 Å². The summed E-state index contributed by atoms with van der Waals surface area (Å²) in [6.45, 7) is 15.0. The lowest BCUT2D eigenvalue weighted by molar-refractivity contribution is -0.133. The third-order valence-corrected chi connectivity index (χ3v) is 4.73. The van der Waals surface area contributed by atoms with Crippen molar-refractivity contribution in [2.45, 2.75) is 54.0 Å². The molecule has 0 aromatic carbocycles. The molecule has 1 fully saturated rings. The first kappa shape index (κ1) is 18.6. The molecule has 0 bridgehead atoms. The smallest absolute Gasteiger partial charge is 0.255 e. The quantitative estimate of drug-likeness (QED) is 0.850. The van der Waals surface area contributed by atoms with Gasteiger partial charge in [0.2, 0.25) is 5.91 Å². The highest BCUT2D eigenvalue weighted by Gasteiger charge is 2.27. The summed E-state index contributed by atoms with van der Waals surface area (Å²) >= 11 is 0. The van der Waals surface area contributed by atoms with E-state index >= 15 is 0 Å². The van der Waals surface area contributed by atoms with Gasteiger partial charge in [-0.2, -0.15) is 0 Å². The van der Waals surface area contributed by atoms with Crippen LogP contribution in [0, 0.1) is 19.8 Å². The number of aromatic nitrogens is 1. The van der Waals surface area contributed by atoms with E-state index in [4.69, 9.17) is 0 Å². The minimum Gasteiger partial charge on any atom is -0.346 e. The van der Waals surface area contributed by atoms with Crippen LogP contribution in [0.15, 0.2) is 6.07 Å². The normalized spacial score (nSPS) is 15.5. The van der Waals surface area contributed by atoms with Gasteiger partial charge in [-0.1, -0.05) is 13.8 Å². The SMILES string of the molecule is Cc1cc(C(=O)N2CCN(C(=O)CC(C)C)CC2)c(C)n1C(C)C. The molecule has 2 amide bonds. The fourth-order valence-electron chi connectivity index (χ4n) is 3.60. The first-order valence-corrected chi connectivity index (χ1v) is 8.97. The van der Waals surface area contributed by atoms with Crippen LogP contribution in [0.2, 0.25) is 0 Å².